The minimum absolute atomic E-state index is 0.315. The number of hydrogen-bond donors (Lipinski definition) is 0. The third-order valence-corrected chi connectivity index (χ3v) is 5.54. The molecule has 0 amide bonds. The Morgan fingerprint density at radius 3 is 1.91 bits per heavy atom. The van der Waals surface area contributed by atoms with Crippen molar-refractivity contribution in [3.8, 4) is 11.4 Å². The first-order chi connectivity index (χ1) is 15.1. The quantitative estimate of drug-likeness (QED) is 0.444. The Morgan fingerprint density at radius 1 is 0.719 bits per heavy atom. The van der Waals surface area contributed by atoms with Crippen LogP contribution in [0.2, 0.25) is 0 Å². The summed E-state index contributed by atoms with van der Waals surface area (Å²) in [6.45, 7) is 10.2. The van der Waals surface area contributed by atoms with Gasteiger partial charge in [-0.15, -0.1) is 0 Å². The van der Waals surface area contributed by atoms with Crippen molar-refractivity contribution in [3.63, 3.8) is 0 Å². The highest BCUT2D eigenvalue weighted by atomic mass is 19.1. The molecule has 0 unspecified atom stereocenters. The van der Waals surface area contributed by atoms with Crippen LogP contribution in [-0.2, 0) is 17.3 Å². The van der Waals surface area contributed by atoms with Crippen molar-refractivity contribution in [2.24, 2.45) is 0 Å². The predicted molar refractivity (Wildman–Crippen MR) is 118 cm³/mol. The lowest BCUT2D eigenvalue weighted by atomic mass is 9.76. The molecular formula is C24H26F2N6. The van der Waals surface area contributed by atoms with Crippen LogP contribution in [0.1, 0.15) is 51.3 Å². The highest BCUT2D eigenvalue weighted by Crippen LogP contribution is 2.37. The van der Waals surface area contributed by atoms with E-state index in [1.165, 1.54) is 23.0 Å². The zero-order valence-electron chi connectivity index (χ0n) is 18.8. The summed E-state index contributed by atoms with van der Waals surface area (Å²) in [6, 6.07) is 7.66. The normalized spacial score (nSPS) is 12.3. The summed E-state index contributed by atoms with van der Waals surface area (Å²) in [5.74, 6) is -0.691. The first-order valence-corrected chi connectivity index (χ1v) is 10.4. The minimum atomic E-state index is -0.512. The van der Waals surface area contributed by atoms with Crippen molar-refractivity contribution >= 4 is 0 Å². The van der Waals surface area contributed by atoms with Gasteiger partial charge in [0.25, 0.3) is 0 Å². The summed E-state index contributed by atoms with van der Waals surface area (Å²) in [6.07, 6.45) is 6.76. The first kappa shape index (κ1) is 21.8. The van der Waals surface area contributed by atoms with Gasteiger partial charge in [-0.05, 0) is 52.1 Å². The molecule has 0 saturated heterocycles. The van der Waals surface area contributed by atoms with Crippen molar-refractivity contribution in [1.29, 1.82) is 0 Å². The monoisotopic (exact) mass is 436 g/mol. The van der Waals surface area contributed by atoms with Gasteiger partial charge in [-0.1, -0.05) is 40.7 Å². The fourth-order valence-corrected chi connectivity index (χ4v) is 4.08. The van der Waals surface area contributed by atoms with Crippen molar-refractivity contribution in [1.82, 2.24) is 30.0 Å². The molecule has 0 bridgehead atoms. The van der Waals surface area contributed by atoms with Gasteiger partial charge in [0.1, 0.15) is 11.6 Å². The van der Waals surface area contributed by atoms with E-state index in [0.29, 0.717) is 12.1 Å². The minimum Gasteiger partial charge on any atom is -0.207 e. The number of nitrogens with zero attached hydrogens (tertiary/aromatic N) is 6. The van der Waals surface area contributed by atoms with E-state index in [2.05, 4.69) is 20.4 Å². The molecule has 32 heavy (non-hydrogen) atoms. The summed E-state index contributed by atoms with van der Waals surface area (Å²) >= 11 is 0. The maximum absolute atomic E-state index is 14.8. The van der Waals surface area contributed by atoms with Gasteiger partial charge in [0.2, 0.25) is 0 Å². The summed E-state index contributed by atoms with van der Waals surface area (Å²) in [4.78, 5) is 2.95. The van der Waals surface area contributed by atoms with E-state index in [1.807, 2.05) is 34.6 Å². The Labute approximate surface area is 185 Å². The van der Waals surface area contributed by atoms with Crippen molar-refractivity contribution in [2.45, 2.75) is 51.9 Å². The third kappa shape index (κ3) is 4.17. The van der Waals surface area contributed by atoms with E-state index in [1.54, 1.807) is 41.7 Å². The molecular weight excluding hydrogens is 410 g/mol. The van der Waals surface area contributed by atoms with Crippen LogP contribution in [0.15, 0.2) is 55.1 Å². The Bertz CT molecular complexity index is 1220. The maximum Gasteiger partial charge on any atom is 0.125 e. The lowest BCUT2D eigenvalue weighted by Gasteiger charge is -2.30. The number of halogens is 2. The largest absolute Gasteiger partial charge is 0.207 e. The molecule has 166 valence electrons. The molecule has 0 aliphatic rings. The Hall–Kier alpha value is -3.42. The van der Waals surface area contributed by atoms with Crippen LogP contribution in [0.4, 0.5) is 8.78 Å². The van der Waals surface area contributed by atoms with Crippen molar-refractivity contribution in [2.75, 3.05) is 0 Å². The predicted octanol–water partition coefficient (Wildman–Crippen LogP) is 4.94. The van der Waals surface area contributed by atoms with Gasteiger partial charge < -0.3 is 0 Å². The molecule has 0 spiro atoms. The van der Waals surface area contributed by atoms with E-state index in [9.17, 15) is 8.78 Å². The van der Waals surface area contributed by atoms with Crippen LogP contribution < -0.4 is 0 Å². The number of rotatable bonds is 5. The molecule has 0 aliphatic heterocycles. The second kappa shape index (κ2) is 7.93. The van der Waals surface area contributed by atoms with Gasteiger partial charge in [-0.2, -0.15) is 30.0 Å². The smallest absolute Gasteiger partial charge is 0.125 e. The summed E-state index contributed by atoms with van der Waals surface area (Å²) in [7, 11) is 0. The molecule has 0 N–H and O–H groups in total. The molecule has 0 saturated carbocycles. The summed E-state index contributed by atoms with van der Waals surface area (Å²) < 4.78 is 28.9. The van der Waals surface area contributed by atoms with Gasteiger partial charge in [-0.25, -0.2) is 8.78 Å². The zero-order valence-corrected chi connectivity index (χ0v) is 18.8. The fraction of sp³-hybridized carbons (Fsp3) is 0.333. The molecule has 0 fully saturated rings. The molecule has 2 aromatic heterocycles. The Balaban J connectivity index is 1.88. The van der Waals surface area contributed by atoms with E-state index in [4.69, 9.17) is 0 Å². The molecule has 2 aromatic carbocycles. The molecule has 2 heterocycles. The maximum atomic E-state index is 14.8. The molecule has 0 atom stereocenters. The van der Waals surface area contributed by atoms with E-state index < -0.39 is 5.41 Å². The lowest BCUT2D eigenvalue weighted by molar-refractivity contribution is 0.501. The van der Waals surface area contributed by atoms with E-state index in [-0.39, 0.29) is 17.0 Å². The Morgan fingerprint density at radius 2 is 1.31 bits per heavy atom. The van der Waals surface area contributed by atoms with Crippen LogP contribution in [-0.4, -0.2) is 30.0 Å². The highest BCUT2D eigenvalue weighted by Gasteiger charge is 2.30. The number of hydrogen-bond acceptors (Lipinski definition) is 4. The molecule has 0 radical (unpaired) electrons. The number of aromatic nitrogens is 6. The zero-order chi connectivity index (χ0) is 23.1. The third-order valence-electron chi connectivity index (χ3n) is 5.54. The van der Waals surface area contributed by atoms with Crippen LogP contribution in [0.3, 0.4) is 0 Å². The van der Waals surface area contributed by atoms with Gasteiger partial charge >= 0.3 is 0 Å². The molecule has 8 heteroatoms. The summed E-state index contributed by atoms with van der Waals surface area (Å²) in [5.41, 5.74) is 2.89. The van der Waals surface area contributed by atoms with Crippen LogP contribution in [0, 0.1) is 11.6 Å². The second-order valence-electron chi connectivity index (χ2n) is 9.57. The molecule has 4 aromatic rings. The van der Waals surface area contributed by atoms with Gasteiger partial charge in [0, 0.05) is 6.07 Å². The average molecular weight is 437 g/mol. The van der Waals surface area contributed by atoms with E-state index in [0.717, 1.165) is 22.4 Å². The SMILES string of the molecule is CC(C)(C)c1cc(F)cc(CC(C)(C)c2ccc(F)cc2-n2nccn2)c1-n1nccn1. The molecule has 6 nitrogen and oxygen atoms in total. The fourth-order valence-electron chi connectivity index (χ4n) is 4.08. The van der Waals surface area contributed by atoms with Gasteiger partial charge in [0.05, 0.1) is 36.2 Å². The average Bonchev–Trinajstić information content (AvgIpc) is 3.40. The molecule has 0 aliphatic carbocycles. The van der Waals surface area contributed by atoms with Gasteiger partial charge in [-0.3, -0.25) is 0 Å². The van der Waals surface area contributed by atoms with Crippen LogP contribution in [0.5, 0.6) is 0 Å². The highest BCUT2D eigenvalue weighted by molar-refractivity contribution is 5.53. The van der Waals surface area contributed by atoms with Gasteiger partial charge in [0.15, 0.2) is 0 Å². The lowest BCUT2D eigenvalue weighted by Crippen LogP contribution is -2.26. The van der Waals surface area contributed by atoms with E-state index >= 15 is 0 Å². The summed E-state index contributed by atoms with van der Waals surface area (Å²) in [5, 5.41) is 17.0. The topological polar surface area (TPSA) is 61.4 Å². The first-order valence-electron chi connectivity index (χ1n) is 10.4. The van der Waals surface area contributed by atoms with Crippen LogP contribution in [0.25, 0.3) is 11.4 Å². The van der Waals surface area contributed by atoms with Crippen molar-refractivity contribution in [3.05, 3.63) is 83.4 Å². The van der Waals surface area contributed by atoms with Crippen molar-refractivity contribution < 1.29 is 8.78 Å². The molecule has 4 rings (SSSR count). The van der Waals surface area contributed by atoms with Crippen LogP contribution >= 0.6 is 0 Å². The Kier molecular flexibility index (Phi) is 5.40. The standard InChI is InChI=1S/C24H26F2N6/c1-23(2,3)20-13-18(26)12-16(22(20)32-29-10-11-30-32)15-24(4,5)19-7-6-17(25)14-21(19)31-27-8-9-28-31/h6-14H,15H2,1-5H3. The number of benzene rings is 2. The second-order valence-corrected chi connectivity index (χ2v) is 9.57.